The van der Waals surface area contributed by atoms with E-state index >= 15 is 0 Å². The number of amides is 1. The summed E-state index contributed by atoms with van der Waals surface area (Å²) in [5.41, 5.74) is 3.63. The fraction of sp³-hybridized carbons (Fsp3) is 0.0500. The lowest BCUT2D eigenvalue weighted by atomic mass is 10.2. The van der Waals surface area contributed by atoms with Gasteiger partial charge in [-0.1, -0.05) is 29.8 Å². The molecule has 0 unspecified atom stereocenters. The number of nitrogens with zero attached hydrogens (tertiary/aromatic N) is 2. The third-order valence-electron chi connectivity index (χ3n) is 3.75. The number of pyridine rings is 1. The Morgan fingerprint density at radius 2 is 1.92 bits per heavy atom. The van der Waals surface area contributed by atoms with Crippen LogP contribution in [0.25, 0.3) is 0 Å². The Morgan fingerprint density at radius 3 is 2.69 bits per heavy atom. The predicted molar refractivity (Wildman–Crippen MR) is 103 cm³/mol. The summed E-state index contributed by atoms with van der Waals surface area (Å²) in [6.45, 7) is 1.89. The first kappa shape index (κ1) is 17.5. The quantitative estimate of drug-likeness (QED) is 0.691. The highest BCUT2D eigenvalue weighted by Crippen LogP contribution is 2.22. The molecule has 0 aliphatic heterocycles. The minimum absolute atomic E-state index is 0.251. The van der Waals surface area contributed by atoms with Crippen LogP contribution in [0.1, 0.15) is 21.6 Å². The maximum absolute atomic E-state index is 12.4. The molecule has 0 atom stereocenters. The van der Waals surface area contributed by atoms with Crippen LogP contribution in [-0.4, -0.2) is 10.9 Å². The fourth-order valence-corrected chi connectivity index (χ4v) is 2.52. The Kier molecular flexibility index (Phi) is 5.16. The first-order valence-electron chi connectivity index (χ1n) is 7.86. The highest BCUT2D eigenvalue weighted by molar-refractivity contribution is 6.31. The van der Waals surface area contributed by atoms with Crippen molar-refractivity contribution in [3.63, 3.8) is 0 Å². The molecule has 5 nitrogen and oxygen atoms in total. The van der Waals surface area contributed by atoms with Gasteiger partial charge in [-0.3, -0.25) is 9.78 Å². The molecule has 3 aromatic rings. The van der Waals surface area contributed by atoms with Crippen LogP contribution in [-0.2, 0) is 0 Å². The van der Waals surface area contributed by atoms with Crippen LogP contribution in [0.4, 0.5) is 17.1 Å². The lowest BCUT2D eigenvalue weighted by molar-refractivity contribution is 0.102. The zero-order valence-corrected chi connectivity index (χ0v) is 14.7. The van der Waals surface area contributed by atoms with Gasteiger partial charge in [0.1, 0.15) is 11.8 Å². The number of hydrogen-bond acceptors (Lipinski definition) is 4. The standard InChI is InChI=1S/C20H15ClN4O/c1-13-6-7-15(10-17(13)21)25-20(26)19-11-16(8-9-23-19)24-18-5-3-2-4-14(18)12-22/h2-11H,1H3,(H,23,24)(H,25,26). The van der Waals surface area contributed by atoms with E-state index in [4.69, 9.17) is 16.9 Å². The molecular weight excluding hydrogens is 348 g/mol. The average Bonchev–Trinajstić information content (AvgIpc) is 2.65. The molecule has 1 heterocycles. The fourth-order valence-electron chi connectivity index (χ4n) is 2.34. The van der Waals surface area contributed by atoms with Crippen molar-refractivity contribution < 1.29 is 4.79 Å². The van der Waals surface area contributed by atoms with Gasteiger partial charge in [0.2, 0.25) is 0 Å². The number of anilines is 3. The number of nitrogens with one attached hydrogen (secondary N) is 2. The molecule has 2 aromatic carbocycles. The van der Waals surface area contributed by atoms with Crippen LogP contribution in [0, 0.1) is 18.3 Å². The zero-order chi connectivity index (χ0) is 18.5. The van der Waals surface area contributed by atoms with E-state index in [0.717, 1.165) is 5.56 Å². The number of nitriles is 1. The molecular formula is C20H15ClN4O. The Hall–Kier alpha value is -3.36. The second-order valence-corrected chi connectivity index (χ2v) is 6.04. The van der Waals surface area contributed by atoms with Crippen molar-refractivity contribution in [2.75, 3.05) is 10.6 Å². The molecule has 0 saturated carbocycles. The number of carbonyl (C=O) groups is 1. The van der Waals surface area contributed by atoms with Crippen molar-refractivity contribution in [3.05, 3.63) is 82.6 Å². The molecule has 128 valence electrons. The topological polar surface area (TPSA) is 77.8 Å². The Bertz CT molecular complexity index is 1010. The molecule has 0 aliphatic rings. The third-order valence-corrected chi connectivity index (χ3v) is 4.16. The van der Waals surface area contributed by atoms with Crippen molar-refractivity contribution >= 4 is 34.6 Å². The van der Waals surface area contributed by atoms with Crippen LogP contribution < -0.4 is 10.6 Å². The van der Waals surface area contributed by atoms with Gasteiger partial charge in [-0.25, -0.2) is 0 Å². The number of carbonyl (C=O) groups excluding carboxylic acids is 1. The number of para-hydroxylation sites is 1. The summed E-state index contributed by atoms with van der Waals surface area (Å²) < 4.78 is 0. The van der Waals surface area contributed by atoms with E-state index in [2.05, 4.69) is 21.7 Å². The monoisotopic (exact) mass is 362 g/mol. The van der Waals surface area contributed by atoms with Crippen LogP contribution >= 0.6 is 11.6 Å². The van der Waals surface area contributed by atoms with E-state index in [1.165, 1.54) is 6.20 Å². The molecule has 0 fully saturated rings. The van der Waals surface area contributed by atoms with E-state index in [1.807, 2.05) is 19.1 Å². The Morgan fingerprint density at radius 1 is 1.12 bits per heavy atom. The second kappa shape index (κ2) is 7.68. The van der Waals surface area contributed by atoms with Gasteiger partial charge in [0, 0.05) is 22.6 Å². The summed E-state index contributed by atoms with van der Waals surface area (Å²) in [6.07, 6.45) is 1.54. The van der Waals surface area contributed by atoms with Crippen molar-refractivity contribution in [1.29, 1.82) is 5.26 Å². The van der Waals surface area contributed by atoms with Crippen molar-refractivity contribution in [3.8, 4) is 6.07 Å². The van der Waals surface area contributed by atoms with Crippen LogP contribution in [0.3, 0.4) is 0 Å². The second-order valence-electron chi connectivity index (χ2n) is 5.63. The molecule has 0 bridgehead atoms. The molecule has 1 amide bonds. The first-order valence-corrected chi connectivity index (χ1v) is 8.24. The highest BCUT2D eigenvalue weighted by Gasteiger charge is 2.10. The summed E-state index contributed by atoms with van der Waals surface area (Å²) in [5, 5.41) is 15.7. The van der Waals surface area contributed by atoms with Gasteiger partial charge >= 0.3 is 0 Å². The molecule has 0 saturated heterocycles. The summed E-state index contributed by atoms with van der Waals surface area (Å²) in [4.78, 5) is 16.6. The summed E-state index contributed by atoms with van der Waals surface area (Å²) >= 11 is 6.08. The number of halogens is 1. The van der Waals surface area contributed by atoms with E-state index in [9.17, 15) is 4.79 Å². The molecule has 0 spiro atoms. The number of rotatable bonds is 4. The van der Waals surface area contributed by atoms with Crippen LogP contribution in [0.2, 0.25) is 5.02 Å². The molecule has 2 N–H and O–H groups in total. The number of hydrogen-bond donors (Lipinski definition) is 2. The van der Waals surface area contributed by atoms with Crippen molar-refractivity contribution in [2.24, 2.45) is 0 Å². The molecule has 26 heavy (non-hydrogen) atoms. The van der Waals surface area contributed by atoms with Gasteiger partial charge in [-0.15, -0.1) is 0 Å². The maximum Gasteiger partial charge on any atom is 0.274 e. The number of aromatic nitrogens is 1. The summed E-state index contributed by atoms with van der Waals surface area (Å²) in [6, 6.07) is 17.9. The highest BCUT2D eigenvalue weighted by atomic mass is 35.5. The summed E-state index contributed by atoms with van der Waals surface area (Å²) in [5.74, 6) is -0.345. The normalized spacial score (nSPS) is 10.0. The van der Waals surface area contributed by atoms with Crippen molar-refractivity contribution in [1.82, 2.24) is 4.98 Å². The van der Waals surface area contributed by atoms with E-state index in [0.29, 0.717) is 27.6 Å². The van der Waals surface area contributed by atoms with E-state index < -0.39 is 0 Å². The molecule has 6 heteroatoms. The van der Waals surface area contributed by atoms with Gasteiger partial charge < -0.3 is 10.6 Å². The smallest absolute Gasteiger partial charge is 0.274 e. The lowest BCUT2D eigenvalue weighted by Crippen LogP contribution is -2.14. The molecule has 0 radical (unpaired) electrons. The maximum atomic E-state index is 12.4. The van der Waals surface area contributed by atoms with Crippen LogP contribution in [0.15, 0.2) is 60.8 Å². The molecule has 3 rings (SSSR count). The number of aryl methyl sites for hydroxylation is 1. The Balaban J connectivity index is 1.79. The van der Waals surface area contributed by atoms with Gasteiger partial charge in [0.05, 0.1) is 11.3 Å². The van der Waals surface area contributed by atoms with E-state index in [-0.39, 0.29) is 11.6 Å². The van der Waals surface area contributed by atoms with Gasteiger partial charge in [-0.2, -0.15) is 5.26 Å². The lowest BCUT2D eigenvalue weighted by Gasteiger charge is -2.10. The van der Waals surface area contributed by atoms with Gasteiger partial charge in [-0.05, 0) is 48.9 Å². The van der Waals surface area contributed by atoms with Gasteiger partial charge in [0.25, 0.3) is 5.91 Å². The first-order chi connectivity index (χ1) is 12.6. The third kappa shape index (κ3) is 4.00. The van der Waals surface area contributed by atoms with E-state index in [1.54, 1.807) is 42.5 Å². The number of benzene rings is 2. The minimum Gasteiger partial charge on any atom is -0.354 e. The zero-order valence-electron chi connectivity index (χ0n) is 14.0. The molecule has 1 aromatic heterocycles. The van der Waals surface area contributed by atoms with Crippen molar-refractivity contribution in [2.45, 2.75) is 6.92 Å². The predicted octanol–water partition coefficient (Wildman–Crippen LogP) is 4.91. The minimum atomic E-state index is -0.345. The summed E-state index contributed by atoms with van der Waals surface area (Å²) in [7, 11) is 0. The largest absolute Gasteiger partial charge is 0.354 e. The van der Waals surface area contributed by atoms with Gasteiger partial charge in [0.15, 0.2) is 0 Å². The average molecular weight is 363 g/mol. The Labute approximate surface area is 156 Å². The molecule has 0 aliphatic carbocycles. The SMILES string of the molecule is Cc1ccc(NC(=O)c2cc(Nc3ccccc3C#N)ccn2)cc1Cl. The van der Waals surface area contributed by atoms with Crippen LogP contribution in [0.5, 0.6) is 0 Å².